The summed E-state index contributed by atoms with van der Waals surface area (Å²) in [6.07, 6.45) is -24.7. The molecule has 15 fully saturated rings. The smallest absolute Gasteiger partial charge is 0.187 e. The number of rotatable bonds is 19. The Morgan fingerprint density at radius 1 is 0.442 bits per heavy atom. The highest BCUT2D eigenvalue weighted by Gasteiger charge is 2.86. The van der Waals surface area contributed by atoms with Gasteiger partial charge in [0, 0.05) is 5.92 Å². The Balaban J connectivity index is 0.000000199. The van der Waals surface area contributed by atoms with Crippen molar-refractivity contribution < 1.29 is 159 Å². The van der Waals surface area contributed by atoms with Crippen LogP contribution in [0.5, 0.6) is 0 Å². The molecular weight excluding hydrogens is 1570 g/mol. The molecule has 9 saturated carbocycles. The molecule has 15 rings (SSSR count). The highest BCUT2D eigenvalue weighted by Crippen LogP contribution is 2.90. The molecule has 15 aliphatic rings. The standard InChI is InChI=1S/C47H80O18.C41H68O14/c1-21(2)10-9-13-47(8,65-41-37(59)34(56)32(54)26(18-48)62-41)22-11-15-45(6)30(22)23(50)16-28-44(5)14-12-29(52)43(3,4)39(44)25(17-46(28,45)7)61-42-38(35(57)33(55)27(19-49)63-42)64-40-36(58)31(53)24(51)20-60-40;1-35(2)24(54-33-29(48)26(45)20(44)17-51-33)9-11-41-18-40(41)13-12-37(5)31(39(7)10-8-25(55-39)36(3,4)50)19(43)15-38(37,6)23(40)14-21(32(35)41)52-34-30(49)28(47)27(46)22(16-42)53-34/h10,22-42,48-59H,9,11-20H2,1-8H3;19-34,42-50H,8-18H2,1-7H3/t22-,23+,24+,25-,26+,27+,28+,29-,30-,31-,32+,33+,34-,35-,36+,37+,38+,39-,40-,41-,42+,44+,45+,46+,47-;19-,20+,21-,22+,23-,24-,25?,26-,27+,28-,29+,30+,31-,32-,33-,34+,37+,38-,39+,40-,41+/m00/s1. The summed E-state index contributed by atoms with van der Waals surface area (Å²) >= 11 is 0. The summed E-state index contributed by atoms with van der Waals surface area (Å²) in [6.45, 7) is 28.8. The first kappa shape index (κ1) is 94.6. The van der Waals surface area contributed by atoms with E-state index >= 15 is 0 Å². The van der Waals surface area contributed by atoms with E-state index in [0.717, 1.165) is 37.7 Å². The number of fused-ring (bicyclic) bond motifs is 7. The van der Waals surface area contributed by atoms with Crippen LogP contribution in [0.2, 0.25) is 0 Å². The predicted octanol–water partition coefficient (Wildman–Crippen LogP) is 0.307. The minimum absolute atomic E-state index is 0.0633. The maximum atomic E-state index is 12.7. The van der Waals surface area contributed by atoms with Crippen molar-refractivity contribution in [3.05, 3.63) is 11.6 Å². The van der Waals surface area contributed by atoms with E-state index in [1.165, 1.54) is 0 Å². The van der Waals surface area contributed by atoms with Gasteiger partial charge >= 0.3 is 0 Å². The van der Waals surface area contributed by atoms with Crippen LogP contribution in [0.1, 0.15) is 213 Å². The van der Waals surface area contributed by atoms with Gasteiger partial charge in [0.15, 0.2) is 31.5 Å². The van der Waals surface area contributed by atoms with Gasteiger partial charge in [0.25, 0.3) is 0 Å². The van der Waals surface area contributed by atoms with Gasteiger partial charge in [-0.25, -0.2) is 0 Å². The molecule has 6 aliphatic heterocycles. The van der Waals surface area contributed by atoms with Crippen LogP contribution in [-0.4, -0.2) is 341 Å². The summed E-state index contributed by atoms with van der Waals surface area (Å²) in [4.78, 5) is 0. The van der Waals surface area contributed by atoms with Gasteiger partial charge in [-0.2, -0.15) is 0 Å². The molecule has 0 amide bonds. The fourth-order valence-corrected chi connectivity index (χ4v) is 29.5. The second-order valence-corrected chi connectivity index (χ2v) is 43.7. The average Bonchev–Trinajstić information content (AvgIpc) is 1.45. The van der Waals surface area contributed by atoms with E-state index in [9.17, 15) is 107 Å². The Morgan fingerprint density at radius 2 is 0.983 bits per heavy atom. The molecule has 32 heteroatoms. The van der Waals surface area contributed by atoms with Gasteiger partial charge in [0.2, 0.25) is 0 Å². The van der Waals surface area contributed by atoms with E-state index in [1.807, 2.05) is 34.6 Å². The molecule has 120 heavy (non-hydrogen) atoms. The van der Waals surface area contributed by atoms with Crippen molar-refractivity contribution in [2.24, 2.45) is 90.2 Å². The summed E-state index contributed by atoms with van der Waals surface area (Å²) in [6, 6.07) is 0. The maximum absolute atomic E-state index is 12.7. The van der Waals surface area contributed by atoms with Gasteiger partial charge in [-0.05, 0) is 235 Å². The summed E-state index contributed by atoms with van der Waals surface area (Å²) in [7, 11) is 0. The Kier molecular flexibility index (Phi) is 26.3. The molecule has 6 saturated heterocycles. The highest BCUT2D eigenvalue weighted by atomic mass is 16.8. The monoisotopic (exact) mass is 1720 g/mol. The van der Waals surface area contributed by atoms with E-state index in [1.54, 1.807) is 13.8 Å². The Morgan fingerprint density at radius 3 is 1.56 bits per heavy atom. The Labute approximate surface area is 705 Å². The van der Waals surface area contributed by atoms with Crippen molar-refractivity contribution in [2.45, 2.75) is 414 Å². The van der Waals surface area contributed by atoms with Crippen molar-refractivity contribution >= 4 is 0 Å². The lowest BCUT2D eigenvalue weighted by molar-refractivity contribution is -0.377. The lowest BCUT2D eigenvalue weighted by Crippen LogP contribution is -2.71. The number of hydrogen-bond donors (Lipinski definition) is 21. The van der Waals surface area contributed by atoms with Gasteiger partial charge in [-0.3, -0.25) is 0 Å². The topological polar surface area (TPSA) is 526 Å². The zero-order chi connectivity index (χ0) is 88.0. The van der Waals surface area contributed by atoms with Crippen LogP contribution in [-0.2, 0) is 52.1 Å². The molecule has 0 radical (unpaired) electrons. The Hall–Kier alpha value is -1.54. The molecular formula is C88H148O32. The van der Waals surface area contributed by atoms with Gasteiger partial charge in [-0.15, -0.1) is 0 Å². The lowest BCUT2D eigenvalue weighted by Gasteiger charge is -2.72. The molecule has 21 N–H and O–H groups in total. The number of allylic oxidation sites excluding steroid dienone is 2. The third kappa shape index (κ3) is 15.0. The summed E-state index contributed by atoms with van der Waals surface area (Å²) < 4.78 is 69.6. The molecule has 0 aromatic heterocycles. The number of aliphatic hydroxyl groups excluding tert-OH is 20. The summed E-state index contributed by atoms with van der Waals surface area (Å²) in [5.41, 5.74) is -5.56. The molecule has 1 unspecified atom stereocenters. The average molecular weight is 1720 g/mol. The van der Waals surface area contributed by atoms with E-state index in [4.69, 9.17) is 52.1 Å². The first-order valence-electron chi connectivity index (χ1n) is 44.7. The minimum Gasteiger partial charge on any atom is -0.394 e. The third-order valence-corrected chi connectivity index (χ3v) is 35.9. The first-order chi connectivity index (χ1) is 55.8. The first-order valence-corrected chi connectivity index (χ1v) is 44.7. The molecule has 46 atom stereocenters. The largest absolute Gasteiger partial charge is 0.394 e. The summed E-state index contributed by atoms with van der Waals surface area (Å²) in [5, 5.41) is 229. The highest BCUT2D eigenvalue weighted by molar-refractivity contribution is 5.34. The van der Waals surface area contributed by atoms with Crippen LogP contribution in [0.4, 0.5) is 0 Å². The van der Waals surface area contributed by atoms with E-state index < -0.39 is 242 Å². The van der Waals surface area contributed by atoms with E-state index in [-0.39, 0.29) is 82.4 Å². The lowest BCUT2D eigenvalue weighted by atomic mass is 9.34. The van der Waals surface area contributed by atoms with Crippen molar-refractivity contribution in [1.29, 1.82) is 0 Å². The third-order valence-electron chi connectivity index (χ3n) is 35.9. The SMILES string of the molecule is CC(C)(O)C1CC[C@](C)([C@H]2[C@@H](O)C[C@@]3(C)[C@@H]4C[C@H](O[C@@H]5O[C@H](CO)[C@@H](O)[C@H](O)[C@H]5O)[C@H]5C(C)(C)[C@@H](O[C@@H]6OC[C@@H](O)[C@H](O)[C@H]6O)CC[C@@]56C[C@@]46CC[C@]23C)O1.CC(C)=CCC[C@](C)(O[C@@H]1O[C@H](CO)[C@@H](O)[C@H](O)[C@H]1O)[C@H]1CC[C@]2(C)[C@@H]1[C@H](O)C[C@@H]1[C@@]3(C)CC[C@H](O)C(C)(C)[C@@H]3[C@@H](O[C@@H]3O[C@H](CO)[C@@H](O)[C@H](O)[C@H]3O[C@@H]3OC[C@@H](O)[C@H](O)[C@H]3O)C[C@]12C. The second kappa shape index (κ2) is 33.4. The van der Waals surface area contributed by atoms with Crippen LogP contribution in [0.15, 0.2) is 11.6 Å². The normalized spacial score (nSPS) is 55.6. The van der Waals surface area contributed by atoms with Crippen LogP contribution in [0.25, 0.3) is 0 Å². The predicted molar refractivity (Wildman–Crippen MR) is 423 cm³/mol. The molecule has 0 aromatic rings. The zero-order valence-electron chi connectivity index (χ0n) is 72.9. The number of aliphatic hydroxyl groups is 21. The van der Waals surface area contributed by atoms with Crippen molar-refractivity contribution in [3.8, 4) is 0 Å². The quantitative estimate of drug-likeness (QED) is 0.0611. The molecule has 0 aromatic carbocycles. The van der Waals surface area contributed by atoms with Gasteiger partial charge in [0.05, 0.1) is 92.6 Å². The number of ether oxygens (including phenoxy) is 11. The zero-order valence-corrected chi connectivity index (χ0v) is 72.9. The molecule has 2 spiro atoms. The molecule has 6 heterocycles. The van der Waals surface area contributed by atoms with E-state index in [2.05, 4.69) is 61.5 Å². The Bertz CT molecular complexity index is 3570. The number of hydrogen-bond acceptors (Lipinski definition) is 32. The van der Waals surface area contributed by atoms with Gasteiger partial charge < -0.3 is 159 Å². The molecule has 32 nitrogen and oxygen atoms in total. The minimum atomic E-state index is -1.73. The van der Waals surface area contributed by atoms with Gasteiger partial charge in [-0.1, -0.05) is 74.0 Å². The summed E-state index contributed by atoms with van der Waals surface area (Å²) in [5.74, 6) is -1.32. The van der Waals surface area contributed by atoms with Crippen LogP contribution in [0, 0.1) is 90.2 Å². The van der Waals surface area contributed by atoms with Crippen LogP contribution in [0.3, 0.4) is 0 Å². The van der Waals surface area contributed by atoms with Crippen molar-refractivity contribution in [2.75, 3.05) is 33.0 Å². The maximum Gasteiger partial charge on any atom is 0.187 e. The van der Waals surface area contributed by atoms with Crippen molar-refractivity contribution in [1.82, 2.24) is 0 Å². The van der Waals surface area contributed by atoms with Crippen LogP contribution < -0.4 is 0 Å². The molecule has 0 bridgehead atoms. The van der Waals surface area contributed by atoms with Gasteiger partial charge in [0.1, 0.15) is 110 Å². The fourth-order valence-electron chi connectivity index (χ4n) is 29.5. The molecule has 9 aliphatic carbocycles. The second-order valence-electron chi connectivity index (χ2n) is 43.7. The molecule has 692 valence electrons. The fraction of sp³-hybridized carbons (Fsp3) is 0.977. The van der Waals surface area contributed by atoms with Crippen LogP contribution >= 0.6 is 0 Å². The van der Waals surface area contributed by atoms with E-state index in [0.29, 0.717) is 77.0 Å². The van der Waals surface area contributed by atoms with Crippen molar-refractivity contribution in [3.63, 3.8) is 0 Å².